The second-order valence-electron chi connectivity index (χ2n) is 5.40. The number of H-pyrrole nitrogens is 1. The zero-order chi connectivity index (χ0) is 15.5. The van der Waals surface area contributed by atoms with Gasteiger partial charge in [-0.3, -0.25) is 4.79 Å². The Hall–Kier alpha value is -2.08. The molecule has 0 bridgehead atoms. The summed E-state index contributed by atoms with van der Waals surface area (Å²) in [5, 5.41) is 8.87. The van der Waals surface area contributed by atoms with Gasteiger partial charge < -0.3 is 14.8 Å². The van der Waals surface area contributed by atoms with Crippen molar-refractivity contribution >= 4 is 23.3 Å². The van der Waals surface area contributed by atoms with Crippen LogP contribution in [0.4, 0.5) is 5.82 Å². The summed E-state index contributed by atoms with van der Waals surface area (Å²) in [6, 6.07) is 5.60. The van der Waals surface area contributed by atoms with Crippen LogP contribution in [-0.2, 0) is 0 Å². The number of nitrogens with one attached hydrogen (secondary N) is 1. The first-order valence-corrected chi connectivity index (χ1v) is 7.70. The van der Waals surface area contributed by atoms with E-state index in [2.05, 4.69) is 20.1 Å². The molecule has 1 aliphatic heterocycles. The van der Waals surface area contributed by atoms with Gasteiger partial charge in [-0.05, 0) is 31.5 Å². The van der Waals surface area contributed by atoms with E-state index in [9.17, 15) is 4.79 Å². The lowest BCUT2D eigenvalue weighted by Crippen LogP contribution is -2.35. The van der Waals surface area contributed by atoms with Gasteiger partial charge in [-0.1, -0.05) is 11.6 Å². The third kappa shape index (κ3) is 3.22. The summed E-state index contributed by atoms with van der Waals surface area (Å²) in [5.41, 5.74) is 1.44. The quantitative estimate of drug-likeness (QED) is 0.921. The third-order valence-corrected chi connectivity index (χ3v) is 3.99. The predicted molar refractivity (Wildman–Crippen MR) is 85.3 cm³/mol. The number of aryl methyl sites for hydroxylation is 1. The van der Waals surface area contributed by atoms with Gasteiger partial charge in [0.15, 0.2) is 5.82 Å². The first-order chi connectivity index (χ1) is 10.6. The van der Waals surface area contributed by atoms with E-state index in [1.54, 1.807) is 12.3 Å². The summed E-state index contributed by atoms with van der Waals surface area (Å²) < 4.78 is 0. The molecule has 1 amide bonds. The molecule has 0 aliphatic carbocycles. The standard InChI is InChI=1S/C15H18ClN5O/c1-11-3-4-14(19-18-11)20-5-2-6-21(8-7-20)15(22)13-9-12(16)10-17-13/h3-4,9-10,17H,2,5-8H2,1H3. The molecule has 1 aliphatic rings. The van der Waals surface area contributed by atoms with Crippen LogP contribution in [0.5, 0.6) is 0 Å². The number of nitrogens with zero attached hydrogens (tertiary/aromatic N) is 4. The van der Waals surface area contributed by atoms with Gasteiger partial charge in [0, 0.05) is 32.4 Å². The number of hydrogen-bond acceptors (Lipinski definition) is 4. The smallest absolute Gasteiger partial charge is 0.270 e. The highest BCUT2D eigenvalue weighted by Gasteiger charge is 2.22. The molecule has 116 valence electrons. The average molecular weight is 320 g/mol. The first-order valence-electron chi connectivity index (χ1n) is 7.32. The second-order valence-corrected chi connectivity index (χ2v) is 5.83. The van der Waals surface area contributed by atoms with Crippen molar-refractivity contribution in [1.82, 2.24) is 20.1 Å². The summed E-state index contributed by atoms with van der Waals surface area (Å²) in [6.45, 7) is 4.92. The van der Waals surface area contributed by atoms with Crippen LogP contribution in [0.1, 0.15) is 22.6 Å². The van der Waals surface area contributed by atoms with E-state index in [1.165, 1.54) is 0 Å². The molecule has 0 unspecified atom stereocenters. The normalized spacial score (nSPS) is 15.7. The highest BCUT2D eigenvalue weighted by molar-refractivity contribution is 6.30. The van der Waals surface area contributed by atoms with Crippen LogP contribution in [0.15, 0.2) is 24.4 Å². The minimum atomic E-state index is -0.0104. The average Bonchev–Trinajstić information content (AvgIpc) is 2.81. The summed E-state index contributed by atoms with van der Waals surface area (Å²) in [4.78, 5) is 19.4. The largest absolute Gasteiger partial charge is 0.356 e. The molecular formula is C15H18ClN5O. The van der Waals surface area contributed by atoms with Crippen molar-refractivity contribution in [3.8, 4) is 0 Å². The van der Waals surface area contributed by atoms with E-state index in [1.807, 2.05) is 24.0 Å². The molecule has 3 rings (SSSR count). The van der Waals surface area contributed by atoms with Gasteiger partial charge in [-0.15, -0.1) is 5.10 Å². The van der Waals surface area contributed by atoms with Crippen molar-refractivity contribution in [2.24, 2.45) is 0 Å². The summed E-state index contributed by atoms with van der Waals surface area (Å²) in [6.07, 6.45) is 2.52. The molecule has 7 heteroatoms. The molecule has 6 nitrogen and oxygen atoms in total. The molecule has 0 atom stereocenters. The topological polar surface area (TPSA) is 65.1 Å². The zero-order valence-electron chi connectivity index (χ0n) is 12.4. The van der Waals surface area contributed by atoms with Gasteiger partial charge in [-0.25, -0.2) is 0 Å². The Morgan fingerprint density at radius 1 is 1.23 bits per heavy atom. The van der Waals surface area contributed by atoms with Gasteiger partial charge >= 0.3 is 0 Å². The molecule has 0 saturated carbocycles. The molecular weight excluding hydrogens is 302 g/mol. The van der Waals surface area contributed by atoms with Gasteiger partial charge in [0.2, 0.25) is 0 Å². The Balaban J connectivity index is 1.67. The van der Waals surface area contributed by atoms with E-state index in [4.69, 9.17) is 11.6 Å². The third-order valence-electron chi connectivity index (χ3n) is 3.77. The minimum Gasteiger partial charge on any atom is -0.356 e. The van der Waals surface area contributed by atoms with Crippen molar-refractivity contribution in [2.45, 2.75) is 13.3 Å². The fourth-order valence-electron chi connectivity index (χ4n) is 2.57. The van der Waals surface area contributed by atoms with Crippen molar-refractivity contribution in [1.29, 1.82) is 0 Å². The molecule has 1 N–H and O–H groups in total. The second kappa shape index (κ2) is 6.36. The zero-order valence-corrected chi connectivity index (χ0v) is 13.2. The van der Waals surface area contributed by atoms with Gasteiger partial charge in [-0.2, -0.15) is 5.10 Å². The van der Waals surface area contributed by atoms with Crippen LogP contribution < -0.4 is 4.90 Å². The number of halogens is 1. The van der Waals surface area contributed by atoms with Crippen LogP contribution in [0, 0.1) is 6.92 Å². The molecule has 1 saturated heterocycles. The minimum absolute atomic E-state index is 0.0104. The predicted octanol–water partition coefficient (Wildman–Crippen LogP) is 2.12. The molecule has 2 aromatic heterocycles. The number of carbonyl (C=O) groups is 1. The first kappa shape index (κ1) is 14.8. The van der Waals surface area contributed by atoms with Gasteiger partial charge in [0.25, 0.3) is 5.91 Å². The number of aromatic amines is 1. The summed E-state index contributed by atoms with van der Waals surface area (Å²) >= 11 is 5.87. The Bertz CT molecular complexity index is 654. The lowest BCUT2D eigenvalue weighted by Gasteiger charge is -2.22. The lowest BCUT2D eigenvalue weighted by molar-refractivity contribution is 0.0762. The monoisotopic (exact) mass is 319 g/mol. The van der Waals surface area contributed by atoms with Crippen LogP contribution >= 0.6 is 11.6 Å². The Kier molecular flexibility index (Phi) is 4.29. The molecule has 3 heterocycles. The van der Waals surface area contributed by atoms with E-state index < -0.39 is 0 Å². The van der Waals surface area contributed by atoms with Crippen molar-refractivity contribution in [3.63, 3.8) is 0 Å². The maximum absolute atomic E-state index is 12.4. The van der Waals surface area contributed by atoms with Gasteiger partial charge in [0.05, 0.1) is 10.7 Å². The molecule has 0 aromatic carbocycles. The SMILES string of the molecule is Cc1ccc(N2CCCN(C(=O)c3cc(Cl)c[nH]3)CC2)nn1. The highest BCUT2D eigenvalue weighted by Crippen LogP contribution is 2.16. The maximum Gasteiger partial charge on any atom is 0.270 e. The molecule has 2 aromatic rings. The van der Waals surface area contributed by atoms with Crippen LogP contribution in [-0.4, -0.2) is 52.2 Å². The number of hydrogen-bond donors (Lipinski definition) is 1. The Labute approximate surface area is 134 Å². The molecule has 22 heavy (non-hydrogen) atoms. The van der Waals surface area contributed by atoms with Crippen molar-refractivity contribution < 1.29 is 4.79 Å². The summed E-state index contributed by atoms with van der Waals surface area (Å²) in [5.74, 6) is 0.853. The Morgan fingerprint density at radius 3 is 2.77 bits per heavy atom. The van der Waals surface area contributed by atoms with Crippen LogP contribution in [0.3, 0.4) is 0 Å². The van der Waals surface area contributed by atoms with Crippen molar-refractivity contribution in [2.75, 3.05) is 31.1 Å². The van der Waals surface area contributed by atoms with E-state index in [0.29, 0.717) is 17.3 Å². The van der Waals surface area contributed by atoms with Crippen molar-refractivity contribution in [3.05, 3.63) is 40.8 Å². The number of carbonyl (C=O) groups excluding carboxylic acids is 1. The molecule has 0 spiro atoms. The highest BCUT2D eigenvalue weighted by atomic mass is 35.5. The molecule has 1 fully saturated rings. The van der Waals surface area contributed by atoms with Gasteiger partial charge in [0.1, 0.15) is 5.69 Å². The summed E-state index contributed by atoms with van der Waals surface area (Å²) in [7, 11) is 0. The van der Waals surface area contributed by atoms with E-state index >= 15 is 0 Å². The molecule has 0 radical (unpaired) electrons. The number of aromatic nitrogens is 3. The fourth-order valence-corrected chi connectivity index (χ4v) is 2.74. The fraction of sp³-hybridized carbons (Fsp3) is 0.400. The van der Waals surface area contributed by atoms with Crippen LogP contribution in [0.25, 0.3) is 0 Å². The Morgan fingerprint density at radius 2 is 2.09 bits per heavy atom. The number of amides is 1. The lowest BCUT2D eigenvalue weighted by atomic mass is 10.3. The van der Waals surface area contributed by atoms with Crippen LogP contribution in [0.2, 0.25) is 5.02 Å². The number of anilines is 1. The number of rotatable bonds is 2. The van der Waals surface area contributed by atoms with E-state index in [-0.39, 0.29) is 5.91 Å². The van der Waals surface area contributed by atoms with E-state index in [0.717, 1.165) is 37.6 Å². The maximum atomic E-state index is 12.4.